The Morgan fingerprint density at radius 1 is 1.14 bits per heavy atom. The van der Waals surface area contributed by atoms with Gasteiger partial charge in [-0.05, 0) is 11.6 Å². The van der Waals surface area contributed by atoms with Crippen molar-refractivity contribution in [2.24, 2.45) is 11.8 Å². The molecular weight excluding hydrogens is 358 g/mol. The predicted octanol–water partition coefficient (Wildman–Crippen LogP) is 0.675. The highest BCUT2D eigenvalue weighted by Crippen LogP contribution is 2.48. The zero-order chi connectivity index (χ0) is 19.8. The second-order valence-corrected chi connectivity index (χ2v) is 7.43. The van der Waals surface area contributed by atoms with Gasteiger partial charge in [-0.2, -0.15) is 0 Å². The Balaban J connectivity index is 1.64. The van der Waals surface area contributed by atoms with Crippen molar-refractivity contribution < 1.29 is 14.7 Å². The Bertz CT molecular complexity index is 956. The number of likely N-dealkylation sites (tertiary alicyclic amines) is 1. The zero-order valence-corrected chi connectivity index (χ0v) is 15.6. The van der Waals surface area contributed by atoms with Crippen molar-refractivity contribution >= 4 is 11.8 Å². The molecule has 2 aliphatic rings. The summed E-state index contributed by atoms with van der Waals surface area (Å²) in [6, 6.07) is 13.4. The number of aliphatic hydroxyl groups excluding tert-OH is 1. The van der Waals surface area contributed by atoms with E-state index in [0.29, 0.717) is 13.1 Å². The molecule has 4 rings (SSSR count). The number of benzene rings is 1. The lowest BCUT2D eigenvalue weighted by molar-refractivity contribution is -0.140. The third kappa shape index (κ3) is 2.92. The molecule has 2 amide bonds. The number of hydrogen-bond acceptors (Lipinski definition) is 4. The van der Waals surface area contributed by atoms with Crippen molar-refractivity contribution in [1.82, 2.24) is 14.8 Å². The van der Waals surface area contributed by atoms with Crippen molar-refractivity contribution in [3.8, 4) is 0 Å². The maximum absolute atomic E-state index is 13.0. The minimum Gasteiger partial charge on any atom is -0.396 e. The van der Waals surface area contributed by atoms with Gasteiger partial charge in [0.2, 0.25) is 11.8 Å². The molecule has 2 aromatic rings. The number of aliphatic hydroxyl groups is 1. The number of amides is 2. The molecule has 0 aliphatic carbocycles. The van der Waals surface area contributed by atoms with Crippen LogP contribution in [-0.4, -0.2) is 39.0 Å². The van der Waals surface area contributed by atoms with Crippen LogP contribution in [0.2, 0.25) is 0 Å². The van der Waals surface area contributed by atoms with Crippen LogP contribution < -0.4 is 10.9 Å². The van der Waals surface area contributed by atoms with E-state index in [1.165, 1.54) is 13.0 Å². The lowest BCUT2D eigenvalue weighted by Gasteiger charge is -2.30. The van der Waals surface area contributed by atoms with E-state index in [4.69, 9.17) is 0 Å². The Morgan fingerprint density at radius 3 is 2.57 bits per heavy atom. The third-order valence-corrected chi connectivity index (χ3v) is 5.89. The van der Waals surface area contributed by atoms with Crippen LogP contribution >= 0.6 is 0 Å². The molecule has 2 N–H and O–H groups in total. The summed E-state index contributed by atoms with van der Waals surface area (Å²) in [6.07, 6.45) is 0. The zero-order valence-electron chi connectivity index (χ0n) is 15.6. The van der Waals surface area contributed by atoms with Gasteiger partial charge in [-0.25, -0.2) is 0 Å². The van der Waals surface area contributed by atoms with Crippen molar-refractivity contribution in [1.29, 1.82) is 0 Å². The number of nitrogens with one attached hydrogen (secondary N) is 1. The van der Waals surface area contributed by atoms with E-state index in [9.17, 15) is 19.5 Å². The van der Waals surface area contributed by atoms with Gasteiger partial charge in [-0.1, -0.05) is 36.4 Å². The van der Waals surface area contributed by atoms with Crippen molar-refractivity contribution in [3.63, 3.8) is 0 Å². The fourth-order valence-electron chi connectivity index (χ4n) is 4.69. The Kier molecular flexibility index (Phi) is 4.77. The number of hydrogen-bond donors (Lipinski definition) is 2. The Hall–Kier alpha value is -2.93. The van der Waals surface area contributed by atoms with Gasteiger partial charge in [0.25, 0.3) is 5.56 Å². The summed E-state index contributed by atoms with van der Waals surface area (Å²) in [5.74, 6) is -1.12. The van der Waals surface area contributed by atoms with Gasteiger partial charge < -0.3 is 19.9 Å². The third-order valence-electron chi connectivity index (χ3n) is 5.89. The standard InChI is InChI=1S/C21H23N3O4/c1-13(26)24-19-15(11-23-17(19)8-5-9-18(23)27)16(12-25)20(24)21(28)22-10-14-6-3-2-4-7-14/h2-9,15-16,19-20,25H,10-12H2,1H3,(H,22,28)/t15-,16-,19+,20-/m0/s1. The van der Waals surface area contributed by atoms with Crippen LogP contribution in [0.3, 0.4) is 0 Å². The van der Waals surface area contributed by atoms with Gasteiger partial charge in [0, 0.05) is 50.2 Å². The molecule has 1 aromatic heterocycles. The highest BCUT2D eigenvalue weighted by molar-refractivity contribution is 5.88. The summed E-state index contributed by atoms with van der Waals surface area (Å²) in [5, 5.41) is 13.0. The van der Waals surface area contributed by atoms with E-state index in [-0.39, 0.29) is 35.9 Å². The average Bonchev–Trinajstić information content (AvgIpc) is 3.22. The van der Waals surface area contributed by atoms with E-state index >= 15 is 0 Å². The fourth-order valence-corrected chi connectivity index (χ4v) is 4.69. The van der Waals surface area contributed by atoms with Gasteiger partial charge in [0.15, 0.2) is 0 Å². The summed E-state index contributed by atoms with van der Waals surface area (Å²) in [4.78, 5) is 39.3. The molecule has 1 saturated heterocycles. The van der Waals surface area contributed by atoms with Crippen LogP contribution in [0, 0.1) is 11.8 Å². The lowest BCUT2D eigenvalue weighted by Crippen LogP contribution is -2.49. The van der Waals surface area contributed by atoms with Gasteiger partial charge in [-0.3, -0.25) is 14.4 Å². The van der Waals surface area contributed by atoms with Crippen molar-refractivity contribution in [2.75, 3.05) is 6.61 Å². The van der Waals surface area contributed by atoms with Crippen molar-refractivity contribution in [3.05, 3.63) is 70.1 Å². The molecule has 0 spiro atoms. The quantitative estimate of drug-likeness (QED) is 0.815. The Labute approximate surface area is 162 Å². The SMILES string of the molecule is CC(=O)N1[C@H](C(=O)NCc2ccccc2)[C@@H](CO)[C@@H]2Cn3c(cccc3=O)[C@@H]21. The average molecular weight is 381 g/mol. The maximum atomic E-state index is 13.0. The molecule has 4 atom stereocenters. The first-order valence-corrected chi connectivity index (χ1v) is 9.44. The number of fused-ring (bicyclic) bond motifs is 3. The largest absolute Gasteiger partial charge is 0.396 e. The first-order valence-electron chi connectivity index (χ1n) is 9.44. The summed E-state index contributed by atoms with van der Waals surface area (Å²) in [6.45, 7) is 1.96. The molecule has 0 bridgehead atoms. The molecule has 1 aromatic carbocycles. The second-order valence-electron chi connectivity index (χ2n) is 7.43. The fraction of sp³-hybridized carbons (Fsp3) is 0.381. The maximum Gasteiger partial charge on any atom is 0.250 e. The number of carbonyl (C=O) groups is 2. The molecule has 0 unspecified atom stereocenters. The lowest BCUT2D eigenvalue weighted by atomic mass is 9.88. The van der Waals surface area contributed by atoms with Crippen LogP contribution in [0.25, 0.3) is 0 Å². The van der Waals surface area contributed by atoms with Crippen LogP contribution in [0.5, 0.6) is 0 Å². The van der Waals surface area contributed by atoms with E-state index in [1.807, 2.05) is 36.4 Å². The molecule has 3 heterocycles. The number of nitrogens with zero attached hydrogens (tertiary/aromatic N) is 2. The van der Waals surface area contributed by atoms with E-state index in [0.717, 1.165) is 11.3 Å². The first kappa shape index (κ1) is 18.4. The molecule has 0 radical (unpaired) electrons. The van der Waals surface area contributed by atoms with Crippen LogP contribution in [0.15, 0.2) is 53.3 Å². The predicted molar refractivity (Wildman–Crippen MR) is 102 cm³/mol. The minimum atomic E-state index is -0.759. The second kappa shape index (κ2) is 7.24. The van der Waals surface area contributed by atoms with E-state index in [1.54, 1.807) is 15.5 Å². The topological polar surface area (TPSA) is 91.6 Å². The first-order chi connectivity index (χ1) is 13.5. The molecule has 7 heteroatoms. The number of pyridine rings is 1. The number of rotatable bonds is 4. The molecule has 28 heavy (non-hydrogen) atoms. The summed E-state index contributed by atoms with van der Waals surface area (Å²) < 4.78 is 1.64. The summed E-state index contributed by atoms with van der Waals surface area (Å²) >= 11 is 0. The highest BCUT2D eigenvalue weighted by atomic mass is 16.3. The Morgan fingerprint density at radius 2 is 1.89 bits per heavy atom. The normalized spacial score (nSPS) is 25.3. The molecule has 0 saturated carbocycles. The van der Waals surface area contributed by atoms with Crippen LogP contribution in [-0.2, 0) is 22.7 Å². The van der Waals surface area contributed by atoms with E-state index < -0.39 is 12.0 Å². The molecule has 2 aliphatic heterocycles. The molecular formula is C21H23N3O4. The number of aromatic nitrogens is 1. The van der Waals surface area contributed by atoms with Crippen LogP contribution in [0.4, 0.5) is 0 Å². The summed E-state index contributed by atoms with van der Waals surface area (Å²) in [5.41, 5.74) is 1.56. The van der Waals surface area contributed by atoms with Gasteiger partial charge >= 0.3 is 0 Å². The molecule has 146 valence electrons. The van der Waals surface area contributed by atoms with Gasteiger partial charge in [0.1, 0.15) is 6.04 Å². The monoisotopic (exact) mass is 381 g/mol. The minimum absolute atomic E-state index is 0.128. The molecule has 1 fully saturated rings. The summed E-state index contributed by atoms with van der Waals surface area (Å²) in [7, 11) is 0. The van der Waals surface area contributed by atoms with Crippen LogP contribution in [0.1, 0.15) is 24.2 Å². The van der Waals surface area contributed by atoms with Gasteiger partial charge in [0.05, 0.1) is 6.04 Å². The van der Waals surface area contributed by atoms with Gasteiger partial charge in [-0.15, -0.1) is 0 Å². The number of carbonyl (C=O) groups excluding carboxylic acids is 2. The van der Waals surface area contributed by atoms with E-state index in [2.05, 4.69) is 5.32 Å². The smallest absolute Gasteiger partial charge is 0.250 e. The molecule has 7 nitrogen and oxygen atoms in total. The highest BCUT2D eigenvalue weighted by Gasteiger charge is 2.56. The van der Waals surface area contributed by atoms with Crippen molar-refractivity contribution in [2.45, 2.75) is 32.1 Å².